The number of aromatic hydroxyl groups is 1. The quantitative estimate of drug-likeness (QED) is 0.784. The molecule has 2 rings (SSSR count). The van der Waals surface area contributed by atoms with Crippen LogP contribution in [-0.4, -0.2) is 10.1 Å². The molecular formula is C11H8N2OS. The van der Waals surface area contributed by atoms with Crippen LogP contribution in [0.1, 0.15) is 5.56 Å². The number of nitrogens with zero attached hydrogens (tertiary/aromatic N) is 2. The van der Waals surface area contributed by atoms with E-state index < -0.39 is 0 Å². The molecule has 0 bridgehead atoms. The van der Waals surface area contributed by atoms with E-state index in [1.807, 2.05) is 23.6 Å². The molecule has 0 radical (unpaired) electrons. The van der Waals surface area contributed by atoms with Gasteiger partial charge in [0.2, 0.25) is 0 Å². The number of hydrogen-bond acceptors (Lipinski definition) is 4. The Balaban J connectivity index is 2.57. The molecule has 4 heteroatoms. The Morgan fingerprint density at radius 2 is 2.27 bits per heavy atom. The van der Waals surface area contributed by atoms with Gasteiger partial charge < -0.3 is 5.11 Å². The highest BCUT2D eigenvalue weighted by molar-refractivity contribution is 8.02. The molecule has 1 aromatic heterocycles. The Bertz CT molecular complexity index is 534. The summed E-state index contributed by atoms with van der Waals surface area (Å²) in [6.07, 6.45) is 1.64. The molecule has 0 spiro atoms. The first-order chi connectivity index (χ1) is 7.33. The van der Waals surface area contributed by atoms with E-state index in [9.17, 15) is 5.11 Å². The first kappa shape index (κ1) is 9.81. The average molecular weight is 216 g/mol. The highest BCUT2D eigenvalue weighted by atomic mass is 32.2. The van der Waals surface area contributed by atoms with Gasteiger partial charge in [0, 0.05) is 17.3 Å². The average Bonchev–Trinajstić information content (AvgIpc) is 2.29. The first-order valence-electron chi connectivity index (χ1n) is 4.39. The zero-order valence-corrected chi connectivity index (χ0v) is 8.66. The van der Waals surface area contributed by atoms with Crippen LogP contribution in [0.25, 0.3) is 10.9 Å². The summed E-state index contributed by atoms with van der Waals surface area (Å²) in [5.41, 5.74) is 1.61. The van der Waals surface area contributed by atoms with E-state index in [0.29, 0.717) is 11.3 Å². The van der Waals surface area contributed by atoms with Crippen molar-refractivity contribution in [1.29, 1.82) is 5.26 Å². The normalized spacial score (nSPS) is 10.1. The summed E-state index contributed by atoms with van der Waals surface area (Å²) in [6.45, 7) is 0. The van der Waals surface area contributed by atoms with Crippen LogP contribution in [0.5, 0.6) is 5.75 Å². The zero-order valence-electron chi connectivity index (χ0n) is 7.84. The summed E-state index contributed by atoms with van der Waals surface area (Å²) in [6, 6.07) is 7.16. The first-order valence-corrected chi connectivity index (χ1v) is 5.38. The van der Waals surface area contributed by atoms with E-state index in [1.54, 1.807) is 12.3 Å². The van der Waals surface area contributed by atoms with E-state index in [1.165, 1.54) is 11.8 Å². The van der Waals surface area contributed by atoms with Gasteiger partial charge in [-0.1, -0.05) is 12.1 Å². The minimum Gasteiger partial charge on any atom is -0.506 e. The number of rotatable bonds is 2. The van der Waals surface area contributed by atoms with Crippen LogP contribution >= 0.6 is 11.8 Å². The van der Waals surface area contributed by atoms with E-state index in [0.717, 1.165) is 10.9 Å². The molecule has 15 heavy (non-hydrogen) atoms. The number of phenolic OH excluding ortho intramolecular Hbond substituents is 1. The largest absolute Gasteiger partial charge is 0.506 e. The summed E-state index contributed by atoms with van der Waals surface area (Å²) in [4.78, 5) is 4.11. The second-order valence-corrected chi connectivity index (χ2v) is 3.78. The summed E-state index contributed by atoms with van der Waals surface area (Å²) >= 11 is 1.18. The third kappa shape index (κ3) is 1.88. The van der Waals surface area contributed by atoms with Crippen molar-refractivity contribution in [2.75, 3.05) is 0 Å². The minimum absolute atomic E-state index is 0.177. The monoisotopic (exact) mass is 216 g/mol. The van der Waals surface area contributed by atoms with Crippen molar-refractivity contribution in [3.8, 4) is 11.2 Å². The molecule has 0 aliphatic heterocycles. The van der Waals surface area contributed by atoms with Gasteiger partial charge in [-0.05, 0) is 29.5 Å². The lowest BCUT2D eigenvalue weighted by atomic mass is 10.1. The lowest BCUT2D eigenvalue weighted by molar-refractivity contribution is 0.480. The molecule has 2 aromatic rings. The fourth-order valence-electron chi connectivity index (χ4n) is 1.45. The van der Waals surface area contributed by atoms with Gasteiger partial charge in [-0.15, -0.1) is 0 Å². The van der Waals surface area contributed by atoms with Crippen molar-refractivity contribution in [2.45, 2.75) is 5.75 Å². The predicted molar refractivity (Wildman–Crippen MR) is 60.3 cm³/mol. The Hall–Kier alpha value is -1.73. The number of benzene rings is 1. The van der Waals surface area contributed by atoms with Gasteiger partial charge in [0.25, 0.3) is 0 Å². The number of fused-ring (bicyclic) bond motifs is 1. The maximum atomic E-state index is 9.59. The van der Waals surface area contributed by atoms with Crippen molar-refractivity contribution in [3.63, 3.8) is 0 Å². The Kier molecular flexibility index (Phi) is 2.75. The van der Waals surface area contributed by atoms with Crippen LogP contribution in [0.3, 0.4) is 0 Å². The van der Waals surface area contributed by atoms with E-state index >= 15 is 0 Å². The third-order valence-corrected chi connectivity index (χ3v) is 2.72. The number of aromatic nitrogens is 1. The lowest BCUT2D eigenvalue weighted by Crippen LogP contribution is -1.85. The molecule has 0 unspecified atom stereocenters. The Morgan fingerprint density at radius 3 is 3.07 bits per heavy atom. The van der Waals surface area contributed by atoms with Crippen LogP contribution < -0.4 is 0 Å². The molecule has 1 aromatic carbocycles. The molecule has 0 amide bonds. The van der Waals surface area contributed by atoms with Crippen LogP contribution in [0, 0.1) is 10.7 Å². The number of thiocyanates is 1. The zero-order chi connectivity index (χ0) is 10.7. The molecule has 0 saturated carbocycles. The smallest absolute Gasteiger partial charge is 0.141 e. The van der Waals surface area contributed by atoms with Gasteiger partial charge >= 0.3 is 0 Å². The number of pyridine rings is 1. The molecule has 1 N–H and O–H groups in total. The number of phenols is 1. The maximum absolute atomic E-state index is 9.59. The Labute approximate surface area is 91.4 Å². The predicted octanol–water partition coefficient (Wildman–Crippen LogP) is 2.65. The van der Waals surface area contributed by atoms with Crippen molar-refractivity contribution in [3.05, 3.63) is 36.0 Å². The maximum Gasteiger partial charge on any atom is 0.141 e. The highest BCUT2D eigenvalue weighted by Crippen LogP contribution is 2.27. The molecular weight excluding hydrogens is 208 g/mol. The van der Waals surface area contributed by atoms with Gasteiger partial charge in [0.15, 0.2) is 0 Å². The van der Waals surface area contributed by atoms with Gasteiger partial charge in [-0.2, -0.15) is 5.26 Å². The second-order valence-electron chi connectivity index (χ2n) is 3.02. The number of thioether (sulfide) groups is 1. The van der Waals surface area contributed by atoms with Crippen molar-refractivity contribution in [1.82, 2.24) is 4.98 Å². The van der Waals surface area contributed by atoms with Gasteiger partial charge in [-0.25, -0.2) is 0 Å². The summed E-state index contributed by atoms with van der Waals surface area (Å²) in [7, 11) is 0. The minimum atomic E-state index is 0.177. The van der Waals surface area contributed by atoms with Crippen LogP contribution in [0.15, 0.2) is 30.5 Å². The molecule has 74 valence electrons. The van der Waals surface area contributed by atoms with Crippen LogP contribution in [0.4, 0.5) is 0 Å². The second kappa shape index (κ2) is 4.20. The molecule has 0 atom stereocenters. The summed E-state index contributed by atoms with van der Waals surface area (Å²) in [5.74, 6) is 0.787. The van der Waals surface area contributed by atoms with E-state index in [4.69, 9.17) is 5.26 Å². The Morgan fingerprint density at radius 1 is 1.40 bits per heavy atom. The standard InChI is InChI=1S/C11H8N2OS/c12-7-15-6-8-3-4-10(14)11-9(8)2-1-5-13-11/h1-5,14H,6H2. The third-order valence-electron chi connectivity index (χ3n) is 2.13. The molecule has 0 aliphatic carbocycles. The van der Waals surface area contributed by atoms with Gasteiger partial charge in [-0.3, -0.25) is 4.98 Å². The number of hydrogen-bond donors (Lipinski definition) is 1. The molecule has 0 aliphatic rings. The van der Waals surface area contributed by atoms with Gasteiger partial charge in [0.05, 0.1) is 0 Å². The fraction of sp³-hybridized carbons (Fsp3) is 0.0909. The van der Waals surface area contributed by atoms with Crippen molar-refractivity contribution < 1.29 is 5.11 Å². The molecule has 0 fully saturated rings. The SMILES string of the molecule is N#CSCc1ccc(O)c2ncccc12. The summed E-state index contributed by atoms with van der Waals surface area (Å²) in [5, 5.41) is 21.0. The highest BCUT2D eigenvalue weighted by Gasteiger charge is 2.05. The summed E-state index contributed by atoms with van der Waals surface area (Å²) < 4.78 is 0. The molecule has 0 saturated heterocycles. The van der Waals surface area contributed by atoms with E-state index in [-0.39, 0.29) is 5.75 Å². The fourth-order valence-corrected chi connectivity index (χ4v) is 1.92. The van der Waals surface area contributed by atoms with Gasteiger partial charge in [0.1, 0.15) is 16.7 Å². The van der Waals surface area contributed by atoms with Crippen molar-refractivity contribution in [2.24, 2.45) is 0 Å². The number of nitriles is 1. The van der Waals surface area contributed by atoms with Crippen LogP contribution in [-0.2, 0) is 5.75 Å². The molecule has 1 heterocycles. The van der Waals surface area contributed by atoms with Crippen molar-refractivity contribution >= 4 is 22.7 Å². The van der Waals surface area contributed by atoms with Crippen LogP contribution in [0.2, 0.25) is 0 Å². The van der Waals surface area contributed by atoms with E-state index in [2.05, 4.69) is 4.98 Å². The lowest BCUT2D eigenvalue weighted by Gasteiger charge is -2.04. The topological polar surface area (TPSA) is 56.9 Å². The molecule has 3 nitrogen and oxygen atoms in total.